The van der Waals surface area contributed by atoms with Crippen LogP contribution in [0.3, 0.4) is 0 Å². The third-order valence-electron chi connectivity index (χ3n) is 10.4. The van der Waals surface area contributed by atoms with Crippen LogP contribution in [0, 0.1) is 0 Å². The molecule has 0 spiro atoms. The number of hydrogen-bond donors (Lipinski definition) is 3. The number of ether oxygens (including phenoxy) is 6. The lowest BCUT2D eigenvalue weighted by Gasteiger charge is -2.33. The largest absolute Gasteiger partial charge is 0.493 e. The van der Waals surface area contributed by atoms with Gasteiger partial charge < -0.3 is 48.4 Å². The third-order valence-corrected chi connectivity index (χ3v) is 10.6. The Morgan fingerprint density at radius 3 is 1.61 bits per heavy atom. The van der Waals surface area contributed by atoms with Crippen molar-refractivity contribution >= 4 is 48.0 Å². The molecule has 0 aliphatic carbocycles. The van der Waals surface area contributed by atoms with Gasteiger partial charge in [-0.25, -0.2) is 19.4 Å². The Labute approximate surface area is 349 Å². The summed E-state index contributed by atoms with van der Waals surface area (Å²) in [5, 5.41) is 22.8. The van der Waals surface area contributed by atoms with Gasteiger partial charge in [-0.05, 0) is 65.0 Å². The summed E-state index contributed by atoms with van der Waals surface area (Å²) in [5.74, 6) is 0.315. The Morgan fingerprint density at radius 2 is 1.20 bits per heavy atom. The number of thiol groups is 1. The molecule has 320 valence electrons. The zero-order chi connectivity index (χ0) is 42.9. The number of aliphatic hydroxyl groups is 2. The molecule has 0 radical (unpaired) electrons. The van der Waals surface area contributed by atoms with Gasteiger partial charge in [0.2, 0.25) is 0 Å². The smallest absolute Gasteiger partial charge is 0.417 e. The Balaban J connectivity index is 1.14. The molecule has 2 aromatic carbocycles. The first-order valence-electron chi connectivity index (χ1n) is 19.6. The molecule has 0 bridgehead atoms. The highest BCUT2D eigenvalue weighted by Crippen LogP contribution is 2.44. The first kappa shape index (κ1) is 43.4. The lowest BCUT2D eigenvalue weighted by atomic mass is 10.1. The van der Waals surface area contributed by atoms with Crippen LogP contribution < -0.4 is 28.7 Å². The van der Waals surface area contributed by atoms with Gasteiger partial charge in [-0.1, -0.05) is 31.2 Å². The highest BCUT2D eigenvalue weighted by Gasteiger charge is 2.48. The number of rotatable bonds is 12. The number of fused-ring (bicyclic) bond motifs is 4. The van der Waals surface area contributed by atoms with Crippen molar-refractivity contribution in [2.45, 2.75) is 95.2 Å². The Hall–Kier alpha value is -5.13. The minimum Gasteiger partial charge on any atom is -0.493 e. The average Bonchev–Trinajstić information content (AvgIpc) is 3.74. The van der Waals surface area contributed by atoms with Gasteiger partial charge in [-0.15, -0.1) is 0 Å². The number of anilines is 2. The van der Waals surface area contributed by atoms with Crippen LogP contribution in [0.2, 0.25) is 0 Å². The number of unbranched alkanes of at least 4 members (excludes halogenated alkanes) is 2. The van der Waals surface area contributed by atoms with E-state index < -0.39 is 42.3 Å². The molecule has 5 atom stereocenters. The predicted molar refractivity (Wildman–Crippen MR) is 221 cm³/mol. The van der Waals surface area contributed by atoms with Crippen molar-refractivity contribution in [2.24, 2.45) is 0 Å². The molecule has 2 N–H and O–H groups in total. The number of amides is 4. The maximum absolute atomic E-state index is 13.8. The summed E-state index contributed by atoms with van der Waals surface area (Å²) in [6, 6.07) is 4.61. The highest BCUT2D eigenvalue weighted by atomic mass is 32.1. The fraction of sp³-hybridized carbons (Fsp3) is 0.524. The molecule has 16 nitrogen and oxygen atoms in total. The summed E-state index contributed by atoms with van der Waals surface area (Å²) < 4.78 is 34.6. The fourth-order valence-electron chi connectivity index (χ4n) is 7.69. The summed E-state index contributed by atoms with van der Waals surface area (Å²) in [6.07, 6.45) is -2.02. The molecule has 6 rings (SSSR count). The molecule has 4 aliphatic rings. The lowest BCUT2D eigenvalue weighted by molar-refractivity contribution is 0.0310. The van der Waals surface area contributed by atoms with E-state index in [4.69, 9.17) is 28.4 Å². The molecule has 59 heavy (non-hydrogen) atoms. The van der Waals surface area contributed by atoms with Gasteiger partial charge in [-0.2, -0.15) is 12.6 Å². The molecule has 0 saturated carbocycles. The number of carbonyl (C=O) groups is 4. The number of benzene rings is 2. The summed E-state index contributed by atoms with van der Waals surface area (Å²) in [6.45, 7) is 15.9. The third kappa shape index (κ3) is 9.06. The molecule has 0 unspecified atom stereocenters. The van der Waals surface area contributed by atoms with Crippen LogP contribution in [-0.2, 0) is 9.47 Å². The molecule has 4 heterocycles. The molecule has 2 fully saturated rings. The minimum absolute atomic E-state index is 0.0126. The van der Waals surface area contributed by atoms with Crippen molar-refractivity contribution in [3.05, 3.63) is 59.7 Å². The molecule has 4 amide bonds. The number of nitrogens with zero attached hydrogens (tertiary/aromatic N) is 4. The number of carbonyl (C=O) groups excluding carboxylic acids is 4. The highest BCUT2D eigenvalue weighted by molar-refractivity contribution is 7.80. The lowest BCUT2D eigenvalue weighted by Crippen LogP contribution is -2.51. The second kappa shape index (κ2) is 17.6. The van der Waals surface area contributed by atoms with Gasteiger partial charge in [0.25, 0.3) is 11.8 Å². The average molecular weight is 839 g/mol. The van der Waals surface area contributed by atoms with E-state index in [0.717, 1.165) is 20.9 Å². The van der Waals surface area contributed by atoms with E-state index in [1.807, 2.05) is 0 Å². The summed E-state index contributed by atoms with van der Waals surface area (Å²) in [4.78, 5) is 59.9. The van der Waals surface area contributed by atoms with E-state index in [-0.39, 0.29) is 95.5 Å². The van der Waals surface area contributed by atoms with Crippen LogP contribution in [-0.4, -0.2) is 127 Å². The second-order valence-corrected chi connectivity index (χ2v) is 17.1. The van der Waals surface area contributed by atoms with Crippen LogP contribution in [0.15, 0.2) is 48.6 Å². The molecule has 0 aromatic heterocycles. The number of hydrogen-bond acceptors (Lipinski definition) is 13. The van der Waals surface area contributed by atoms with Gasteiger partial charge >= 0.3 is 12.2 Å². The number of methoxy groups -OCH3 is 2. The first-order chi connectivity index (χ1) is 27.9. The Morgan fingerprint density at radius 1 is 0.763 bits per heavy atom. The van der Waals surface area contributed by atoms with E-state index >= 15 is 0 Å². The van der Waals surface area contributed by atoms with Crippen molar-refractivity contribution < 1.29 is 57.8 Å². The molecular weight excluding hydrogens is 785 g/mol. The number of aliphatic hydroxyl groups excluding tert-OH is 2. The fourth-order valence-corrected chi connectivity index (χ4v) is 7.76. The Kier molecular flexibility index (Phi) is 13.0. The van der Waals surface area contributed by atoms with Gasteiger partial charge in [0.05, 0.1) is 62.0 Å². The molecular formula is C42H54N4O12S. The van der Waals surface area contributed by atoms with E-state index in [9.17, 15) is 29.4 Å². The van der Waals surface area contributed by atoms with Crippen molar-refractivity contribution in [3.8, 4) is 23.0 Å². The summed E-state index contributed by atoms with van der Waals surface area (Å²) in [5.41, 5.74) is 1.20. The summed E-state index contributed by atoms with van der Waals surface area (Å²) >= 11 is 4.30. The zero-order valence-corrected chi connectivity index (χ0v) is 35.3. The van der Waals surface area contributed by atoms with Crippen LogP contribution in [0.5, 0.6) is 23.0 Å². The second-order valence-electron chi connectivity index (χ2n) is 16.2. The van der Waals surface area contributed by atoms with Crippen LogP contribution in [0.1, 0.15) is 80.5 Å². The molecule has 2 saturated heterocycles. The minimum atomic E-state index is -1.41. The van der Waals surface area contributed by atoms with E-state index in [1.54, 1.807) is 27.7 Å². The van der Waals surface area contributed by atoms with Gasteiger partial charge in [0.1, 0.15) is 12.2 Å². The van der Waals surface area contributed by atoms with Gasteiger partial charge in [0, 0.05) is 30.5 Å². The maximum Gasteiger partial charge on any atom is 0.417 e. The van der Waals surface area contributed by atoms with Gasteiger partial charge in [-0.3, -0.25) is 9.59 Å². The van der Waals surface area contributed by atoms with Crippen LogP contribution in [0.4, 0.5) is 21.0 Å². The van der Waals surface area contributed by atoms with Crippen molar-refractivity contribution in [1.82, 2.24) is 9.80 Å². The molecule has 4 aliphatic heterocycles. The predicted octanol–water partition coefficient (Wildman–Crippen LogP) is 5.54. The monoisotopic (exact) mass is 838 g/mol. The van der Waals surface area contributed by atoms with E-state index in [1.165, 1.54) is 48.3 Å². The summed E-state index contributed by atoms with van der Waals surface area (Å²) in [7, 11) is 2.90. The Bertz CT molecular complexity index is 2000. The molecule has 2 aromatic rings. The quantitative estimate of drug-likeness (QED) is 0.139. The van der Waals surface area contributed by atoms with Crippen LogP contribution in [0.25, 0.3) is 0 Å². The molecule has 17 heteroatoms. The van der Waals surface area contributed by atoms with Crippen molar-refractivity contribution in [3.63, 3.8) is 0 Å². The first-order valence-corrected chi connectivity index (χ1v) is 20.1. The zero-order valence-electron chi connectivity index (χ0n) is 34.4. The van der Waals surface area contributed by atoms with E-state index in [2.05, 4.69) is 25.8 Å². The maximum atomic E-state index is 13.8. The van der Waals surface area contributed by atoms with Gasteiger partial charge in [0.15, 0.2) is 35.5 Å². The van der Waals surface area contributed by atoms with E-state index in [0.29, 0.717) is 32.1 Å². The topological polar surface area (TPSA) is 177 Å². The van der Waals surface area contributed by atoms with Crippen LogP contribution >= 0.6 is 12.6 Å². The van der Waals surface area contributed by atoms with Crippen molar-refractivity contribution in [1.29, 1.82) is 0 Å². The standard InChI is InChI=1S/C42H54N4O12S/c1-23-14-30-38(49)45(40(51)57-22-25(3)59)28-18-34(32(53-7)16-26(28)36(47)43(30)20-23)55-12-10-9-11-13-56-35-19-29-27(17-33(35)54-8)37(48)44-21-24(2)15-31(44)39(50)46(29)41(52)58-42(4,5)6/h16-19,25,30-31,38-39,49-50,59H,1-2,9-15,20-22H2,3-8H3/t25-,30+,31+,38+,39+/m1/s1. The SMILES string of the molecule is C=C1C[C@H]2[C@H](O)N(C(=O)OC[C@@H](C)S)c3cc(OCCCCCOc4cc5c(cc4OC)C(=O)N4CC(=C)C[C@H]4[C@H](O)N5C(=O)OC(C)(C)C)c(OC)cc3C(=O)N2C1. The van der Waals surface area contributed by atoms with Crippen molar-refractivity contribution in [2.75, 3.05) is 56.9 Å². The normalized spacial score (nSPS) is 21.8.